The smallest absolute Gasteiger partial charge is 0.243 e. The van der Waals surface area contributed by atoms with Gasteiger partial charge in [-0.3, -0.25) is 4.90 Å². The molecule has 0 aliphatic carbocycles. The van der Waals surface area contributed by atoms with E-state index in [9.17, 15) is 8.42 Å². The molecule has 1 aliphatic heterocycles. The van der Waals surface area contributed by atoms with E-state index in [1.54, 1.807) is 16.4 Å². The molecule has 1 fully saturated rings. The molecule has 0 saturated carbocycles. The van der Waals surface area contributed by atoms with E-state index in [1.807, 2.05) is 26.1 Å². The van der Waals surface area contributed by atoms with Crippen molar-refractivity contribution in [2.45, 2.75) is 37.8 Å². The second-order valence-corrected chi connectivity index (χ2v) is 7.36. The van der Waals surface area contributed by atoms with E-state index in [4.69, 9.17) is 0 Å². The molecule has 4 nitrogen and oxygen atoms in total. The molecular weight excluding hydrogens is 260 g/mol. The number of aryl methyl sites for hydroxylation is 1. The molecule has 0 spiro atoms. The molecule has 106 valence electrons. The Morgan fingerprint density at radius 1 is 1.11 bits per heavy atom. The van der Waals surface area contributed by atoms with Crippen molar-refractivity contribution in [2.75, 3.05) is 20.1 Å². The number of sulfonamides is 1. The van der Waals surface area contributed by atoms with Gasteiger partial charge in [0.2, 0.25) is 10.0 Å². The van der Waals surface area contributed by atoms with Crippen molar-refractivity contribution >= 4 is 10.0 Å². The monoisotopic (exact) mass is 282 g/mol. The molecule has 2 atom stereocenters. The first-order valence-corrected chi connectivity index (χ1v) is 8.05. The van der Waals surface area contributed by atoms with Crippen LogP contribution in [0, 0.1) is 6.92 Å². The molecule has 19 heavy (non-hydrogen) atoms. The van der Waals surface area contributed by atoms with Crippen molar-refractivity contribution in [3.8, 4) is 0 Å². The minimum atomic E-state index is -3.38. The summed E-state index contributed by atoms with van der Waals surface area (Å²) in [5.74, 6) is 0. The summed E-state index contributed by atoms with van der Waals surface area (Å²) in [5.41, 5.74) is 0.807. The average Bonchev–Trinajstić information content (AvgIpc) is 2.35. The van der Waals surface area contributed by atoms with Gasteiger partial charge in [-0.2, -0.15) is 4.31 Å². The second kappa shape index (κ2) is 5.23. The minimum absolute atomic E-state index is 0.238. The Morgan fingerprint density at radius 3 is 2.16 bits per heavy atom. The number of hydrogen-bond donors (Lipinski definition) is 0. The lowest BCUT2D eigenvalue weighted by Crippen LogP contribution is -2.56. The van der Waals surface area contributed by atoms with Gasteiger partial charge in [0.25, 0.3) is 0 Å². The SMILES string of the molecule is Cc1ccccc1S(=O)(=O)N1CC(C)N(C)C(C)C1. The van der Waals surface area contributed by atoms with Crippen LogP contribution in [-0.4, -0.2) is 49.8 Å². The number of rotatable bonds is 2. The fourth-order valence-electron chi connectivity index (χ4n) is 2.54. The van der Waals surface area contributed by atoms with Gasteiger partial charge in [-0.05, 0) is 39.4 Å². The Labute approximate surface area is 116 Å². The largest absolute Gasteiger partial charge is 0.298 e. The Balaban J connectivity index is 2.34. The Morgan fingerprint density at radius 2 is 1.63 bits per heavy atom. The lowest BCUT2D eigenvalue weighted by Gasteiger charge is -2.41. The van der Waals surface area contributed by atoms with Crippen LogP contribution in [0.25, 0.3) is 0 Å². The molecule has 2 unspecified atom stereocenters. The topological polar surface area (TPSA) is 40.6 Å². The normalized spacial score (nSPS) is 26.5. The van der Waals surface area contributed by atoms with Gasteiger partial charge in [-0.1, -0.05) is 18.2 Å². The summed E-state index contributed by atoms with van der Waals surface area (Å²) >= 11 is 0. The van der Waals surface area contributed by atoms with Crippen molar-refractivity contribution in [2.24, 2.45) is 0 Å². The maximum absolute atomic E-state index is 12.7. The molecule has 1 aromatic carbocycles. The van der Waals surface area contributed by atoms with Gasteiger partial charge in [0.05, 0.1) is 4.90 Å². The molecule has 1 heterocycles. The van der Waals surface area contributed by atoms with Gasteiger partial charge in [-0.15, -0.1) is 0 Å². The highest BCUT2D eigenvalue weighted by Gasteiger charge is 2.34. The van der Waals surface area contributed by atoms with Gasteiger partial charge >= 0.3 is 0 Å². The number of nitrogens with zero attached hydrogens (tertiary/aromatic N) is 2. The predicted octanol–water partition coefficient (Wildman–Crippen LogP) is 1.71. The molecule has 1 saturated heterocycles. The summed E-state index contributed by atoms with van der Waals surface area (Å²) in [4.78, 5) is 2.66. The summed E-state index contributed by atoms with van der Waals surface area (Å²) in [5, 5.41) is 0. The van der Waals surface area contributed by atoms with Crippen molar-refractivity contribution in [3.05, 3.63) is 29.8 Å². The first-order valence-electron chi connectivity index (χ1n) is 6.61. The summed E-state index contributed by atoms with van der Waals surface area (Å²) in [6.45, 7) is 7.08. The van der Waals surface area contributed by atoms with E-state index in [-0.39, 0.29) is 12.1 Å². The van der Waals surface area contributed by atoms with Gasteiger partial charge in [-0.25, -0.2) is 8.42 Å². The highest BCUT2D eigenvalue weighted by atomic mass is 32.2. The first-order chi connectivity index (χ1) is 8.84. The van der Waals surface area contributed by atoms with Gasteiger partial charge in [0.15, 0.2) is 0 Å². The van der Waals surface area contributed by atoms with Crippen LogP contribution in [0.1, 0.15) is 19.4 Å². The molecule has 2 rings (SSSR count). The molecule has 1 aromatic rings. The van der Waals surface area contributed by atoms with Gasteiger partial charge in [0.1, 0.15) is 0 Å². The minimum Gasteiger partial charge on any atom is -0.298 e. The molecule has 0 radical (unpaired) electrons. The van der Waals surface area contributed by atoms with Crippen LogP contribution in [0.4, 0.5) is 0 Å². The molecule has 0 aromatic heterocycles. The van der Waals surface area contributed by atoms with Crippen molar-refractivity contribution in [1.82, 2.24) is 9.21 Å². The summed E-state index contributed by atoms with van der Waals surface area (Å²) in [6, 6.07) is 7.66. The highest BCUT2D eigenvalue weighted by molar-refractivity contribution is 7.89. The zero-order chi connectivity index (χ0) is 14.2. The van der Waals surface area contributed by atoms with Crippen LogP contribution < -0.4 is 0 Å². The summed E-state index contributed by atoms with van der Waals surface area (Å²) < 4.78 is 27.0. The second-order valence-electron chi connectivity index (χ2n) is 5.45. The van der Waals surface area contributed by atoms with Crippen molar-refractivity contribution < 1.29 is 8.42 Å². The molecular formula is C14H22N2O2S. The number of likely N-dealkylation sites (N-methyl/N-ethyl adjacent to an activating group) is 1. The van der Waals surface area contributed by atoms with Crippen LogP contribution in [0.5, 0.6) is 0 Å². The maximum atomic E-state index is 12.7. The molecule has 5 heteroatoms. The Kier molecular flexibility index (Phi) is 3.99. The third kappa shape index (κ3) is 2.68. The van der Waals surface area contributed by atoms with E-state index in [2.05, 4.69) is 18.7 Å². The van der Waals surface area contributed by atoms with E-state index in [0.717, 1.165) is 5.56 Å². The molecule has 0 N–H and O–H groups in total. The highest BCUT2D eigenvalue weighted by Crippen LogP contribution is 2.24. The van der Waals surface area contributed by atoms with Crippen LogP contribution in [0.2, 0.25) is 0 Å². The Hall–Kier alpha value is -0.910. The first kappa shape index (κ1) is 14.5. The lowest BCUT2D eigenvalue weighted by molar-refractivity contribution is 0.105. The fourth-order valence-corrected chi connectivity index (χ4v) is 4.36. The van der Waals surface area contributed by atoms with Gasteiger partial charge < -0.3 is 0 Å². The standard InChI is InChI=1S/C14H22N2O2S/c1-11-7-5-6-8-14(11)19(17,18)16-9-12(2)15(4)13(3)10-16/h5-8,12-13H,9-10H2,1-4H3. The summed E-state index contributed by atoms with van der Waals surface area (Å²) in [6.07, 6.45) is 0. The third-order valence-corrected chi connectivity index (χ3v) is 6.03. The third-order valence-electron chi connectivity index (χ3n) is 4.04. The zero-order valence-corrected chi connectivity index (χ0v) is 12.8. The van der Waals surface area contributed by atoms with Crippen LogP contribution in [0.15, 0.2) is 29.2 Å². The van der Waals surface area contributed by atoms with E-state index in [1.165, 1.54) is 0 Å². The number of hydrogen-bond acceptors (Lipinski definition) is 3. The number of piperazine rings is 1. The fraction of sp³-hybridized carbons (Fsp3) is 0.571. The molecule has 1 aliphatic rings. The molecule has 0 bridgehead atoms. The zero-order valence-electron chi connectivity index (χ0n) is 12.0. The van der Waals surface area contributed by atoms with Crippen LogP contribution in [0.3, 0.4) is 0 Å². The molecule has 0 amide bonds. The Bertz CT molecular complexity index is 544. The number of benzene rings is 1. The van der Waals surface area contributed by atoms with Crippen molar-refractivity contribution in [3.63, 3.8) is 0 Å². The quantitative estimate of drug-likeness (QED) is 0.829. The van der Waals surface area contributed by atoms with E-state index in [0.29, 0.717) is 18.0 Å². The summed E-state index contributed by atoms with van der Waals surface area (Å²) in [7, 11) is -1.33. The van der Waals surface area contributed by atoms with Crippen molar-refractivity contribution in [1.29, 1.82) is 0 Å². The predicted molar refractivity (Wildman–Crippen MR) is 76.6 cm³/mol. The lowest BCUT2D eigenvalue weighted by atomic mass is 10.1. The average molecular weight is 282 g/mol. The van der Waals surface area contributed by atoms with E-state index < -0.39 is 10.0 Å². The van der Waals surface area contributed by atoms with E-state index >= 15 is 0 Å². The maximum Gasteiger partial charge on any atom is 0.243 e. The van der Waals surface area contributed by atoms with Crippen LogP contribution >= 0.6 is 0 Å². The van der Waals surface area contributed by atoms with Gasteiger partial charge in [0, 0.05) is 25.2 Å². The van der Waals surface area contributed by atoms with Crippen LogP contribution in [-0.2, 0) is 10.0 Å².